The number of hydrogen-bond acceptors (Lipinski definition) is 4. The molecule has 0 bridgehead atoms. The number of nitrogens with zero attached hydrogens (tertiary/aromatic N) is 3. The maximum atomic E-state index is 8.99. The molecule has 0 aromatic heterocycles. The summed E-state index contributed by atoms with van der Waals surface area (Å²) in [6.45, 7) is 6.62. The molecule has 158 valence electrons. The first-order chi connectivity index (χ1) is 15.2. The second-order valence-electron chi connectivity index (χ2n) is 7.77. The minimum absolute atomic E-state index is 0.630. The third-order valence-electron chi connectivity index (χ3n) is 5.67. The van der Waals surface area contributed by atoms with Gasteiger partial charge in [0, 0.05) is 44.3 Å². The largest absolute Gasteiger partial charge is 0.492 e. The van der Waals surface area contributed by atoms with Crippen molar-refractivity contribution in [2.24, 2.45) is 0 Å². The standard InChI is InChI=1S/C26H26ClN3O/c27-24-10-8-22(9-11-24)26-7-2-1-5-23(26)20-30-14-12-29(13-15-30)16-17-31-25-6-3-4-21(18-25)19-28/h1-11,18H,12-17,20H2. The molecule has 1 aliphatic heterocycles. The fraction of sp³-hybridized carbons (Fsp3) is 0.269. The van der Waals surface area contributed by atoms with Gasteiger partial charge in [0.15, 0.2) is 0 Å². The van der Waals surface area contributed by atoms with E-state index in [2.05, 4.69) is 52.3 Å². The van der Waals surface area contributed by atoms with Crippen molar-refractivity contribution in [2.45, 2.75) is 6.54 Å². The highest BCUT2D eigenvalue weighted by atomic mass is 35.5. The van der Waals surface area contributed by atoms with E-state index in [-0.39, 0.29) is 0 Å². The lowest BCUT2D eigenvalue weighted by atomic mass is 9.99. The van der Waals surface area contributed by atoms with Crippen molar-refractivity contribution in [3.63, 3.8) is 0 Å². The van der Waals surface area contributed by atoms with Gasteiger partial charge < -0.3 is 4.74 Å². The Morgan fingerprint density at radius 2 is 1.61 bits per heavy atom. The van der Waals surface area contributed by atoms with E-state index in [4.69, 9.17) is 21.6 Å². The summed E-state index contributed by atoms with van der Waals surface area (Å²) in [5, 5.41) is 9.75. The van der Waals surface area contributed by atoms with E-state index in [1.165, 1.54) is 16.7 Å². The maximum Gasteiger partial charge on any atom is 0.120 e. The van der Waals surface area contributed by atoms with Crippen LogP contribution in [-0.2, 0) is 6.54 Å². The summed E-state index contributed by atoms with van der Waals surface area (Å²) in [4.78, 5) is 4.96. The van der Waals surface area contributed by atoms with E-state index in [1.54, 1.807) is 12.1 Å². The van der Waals surface area contributed by atoms with Gasteiger partial charge in [0.05, 0.1) is 11.6 Å². The first kappa shape index (κ1) is 21.4. The van der Waals surface area contributed by atoms with Gasteiger partial charge in [-0.2, -0.15) is 5.26 Å². The molecule has 0 atom stereocenters. The predicted molar refractivity (Wildman–Crippen MR) is 125 cm³/mol. The third-order valence-corrected chi connectivity index (χ3v) is 5.92. The normalized spacial score (nSPS) is 14.8. The van der Waals surface area contributed by atoms with E-state index < -0.39 is 0 Å². The van der Waals surface area contributed by atoms with Gasteiger partial charge in [0.2, 0.25) is 0 Å². The van der Waals surface area contributed by atoms with Crippen molar-refractivity contribution in [3.05, 3.63) is 88.9 Å². The molecule has 0 spiro atoms. The summed E-state index contributed by atoms with van der Waals surface area (Å²) in [6, 6.07) is 26.2. The molecule has 3 aromatic carbocycles. The van der Waals surface area contributed by atoms with Gasteiger partial charge in [-0.05, 0) is 47.0 Å². The van der Waals surface area contributed by atoms with Gasteiger partial charge in [0.25, 0.3) is 0 Å². The van der Waals surface area contributed by atoms with Crippen molar-refractivity contribution in [1.29, 1.82) is 5.26 Å². The fourth-order valence-corrected chi connectivity index (χ4v) is 4.06. The quantitative estimate of drug-likeness (QED) is 0.523. The van der Waals surface area contributed by atoms with Crippen LogP contribution in [0.1, 0.15) is 11.1 Å². The molecular formula is C26H26ClN3O. The SMILES string of the molecule is N#Cc1cccc(OCCN2CCN(Cc3ccccc3-c3ccc(Cl)cc3)CC2)c1. The zero-order valence-electron chi connectivity index (χ0n) is 17.5. The van der Waals surface area contributed by atoms with Crippen LogP contribution in [0.25, 0.3) is 11.1 Å². The Kier molecular flexibility index (Phi) is 7.22. The second-order valence-corrected chi connectivity index (χ2v) is 8.21. The molecule has 1 aliphatic rings. The van der Waals surface area contributed by atoms with Crippen molar-refractivity contribution in [2.75, 3.05) is 39.3 Å². The molecule has 1 heterocycles. The maximum absolute atomic E-state index is 8.99. The van der Waals surface area contributed by atoms with Gasteiger partial charge in [-0.15, -0.1) is 0 Å². The lowest BCUT2D eigenvalue weighted by Crippen LogP contribution is -2.47. The Morgan fingerprint density at radius 1 is 0.871 bits per heavy atom. The van der Waals surface area contributed by atoms with Crippen molar-refractivity contribution in [3.8, 4) is 22.9 Å². The van der Waals surface area contributed by atoms with E-state index >= 15 is 0 Å². The van der Waals surface area contributed by atoms with E-state index in [0.29, 0.717) is 12.2 Å². The monoisotopic (exact) mass is 431 g/mol. The number of benzene rings is 3. The zero-order valence-corrected chi connectivity index (χ0v) is 18.3. The van der Waals surface area contributed by atoms with Crippen molar-refractivity contribution >= 4 is 11.6 Å². The van der Waals surface area contributed by atoms with Crippen molar-refractivity contribution in [1.82, 2.24) is 9.80 Å². The Bertz CT molecular complexity index is 1040. The topological polar surface area (TPSA) is 39.5 Å². The smallest absolute Gasteiger partial charge is 0.120 e. The summed E-state index contributed by atoms with van der Waals surface area (Å²) >= 11 is 6.06. The Labute approximate surface area is 189 Å². The molecule has 0 unspecified atom stereocenters. The summed E-state index contributed by atoms with van der Waals surface area (Å²) < 4.78 is 5.83. The molecule has 4 nitrogen and oxygen atoms in total. The number of piperazine rings is 1. The fourth-order valence-electron chi connectivity index (χ4n) is 3.93. The van der Waals surface area contributed by atoms with Crippen LogP contribution in [0.3, 0.4) is 0 Å². The van der Waals surface area contributed by atoms with Crippen LogP contribution in [0.15, 0.2) is 72.8 Å². The summed E-state index contributed by atoms with van der Waals surface area (Å²) in [5.41, 5.74) is 4.45. The molecule has 0 saturated carbocycles. The molecule has 0 aliphatic carbocycles. The molecule has 0 amide bonds. The summed E-state index contributed by atoms with van der Waals surface area (Å²) in [6.07, 6.45) is 0. The number of halogens is 1. The van der Waals surface area contributed by atoms with Crippen LogP contribution in [-0.4, -0.2) is 49.1 Å². The number of nitriles is 1. The van der Waals surface area contributed by atoms with Gasteiger partial charge in [-0.3, -0.25) is 9.80 Å². The molecule has 1 saturated heterocycles. The first-order valence-electron chi connectivity index (χ1n) is 10.6. The van der Waals surface area contributed by atoms with Crippen LogP contribution >= 0.6 is 11.6 Å². The van der Waals surface area contributed by atoms with Gasteiger partial charge >= 0.3 is 0 Å². The number of hydrogen-bond donors (Lipinski definition) is 0. The van der Waals surface area contributed by atoms with Gasteiger partial charge in [-0.25, -0.2) is 0 Å². The molecule has 0 radical (unpaired) electrons. The Morgan fingerprint density at radius 3 is 2.39 bits per heavy atom. The van der Waals surface area contributed by atoms with Crippen molar-refractivity contribution < 1.29 is 4.74 Å². The average Bonchev–Trinajstić information content (AvgIpc) is 2.81. The van der Waals surface area contributed by atoms with E-state index in [9.17, 15) is 0 Å². The van der Waals surface area contributed by atoms with E-state index in [1.807, 2.05) is 24.3 Å². The third kappa shape index (κ3) is 5.86. The van der Waals surface area contributed by atoms with Crippen LogP contribution in [0, 0.1) is 11.3 Å². The molecule has 1 fully saturated rings. The highest BCUT2D eigenvalue weighted by Crippen LogP contribution is 2.26. The van der Waals surface area contributed by atoms with Crippen LogP contribution in [0.5, 0.6) is 5.75 Å². The van der Waals surface area contributed by atoms with Crippen LogP contribution in [0.4, 0.5) is 0 Å². The lowest BCUT2D eigenvalue weighted by Gasteiger charge is -2.35. The highest BCUT2D eigenvalue weighted by Gasteiger charge is 2.18. The molecule has 5 heteroatoms. The average molecular weight is 432 g/mol. The lowest BCUT2D eigenvalue weighted by molar-refractivity contribution is 0.112. The summed E-state index contributed by atoms with van der Waals surface area (Å²) in [5.74, 6) is 0.761. The minimum atomic E-state index is 0.630. The van der Waals surface area contributed by atoms with Crippen LogP contribution < -0.4 is 4.74 Å². The van der Waals surface area contributed by atoms with Crippen LogP contribution in [0.2, 0.25) is 5.02 Å². The molecule has 3 aromatic rings. The first-order valence-corrected chi connectivity index (χ1v) is 11.0. The van der Waals surface area contributed by atoms with E-state index in [0.717, 1.165) is 50.0 Å². The predicted octanol–water partition coefficient (Wildman–Crippen LogP) is 5.08. The Hall–Kier alpha value is -2.84. The molecular weight excluding hydrogens is 406 g/mol. The van der Waals surface area contributed by atoms with Gasteiger partial charge in [0.1, 0.15) is 12.4 Å². The number of ether oxygens (including phenoxy) is 1. The Balaban J connectivity index is 1.27. The minimum Gasteiger partial charge on any atom is -0.492 e. The molecule has 31 heavy (non-hydrogen) atoms. The van der Waals surface area contributed by atoms with Gasteiger partial charge in [-0.1, -0.05) is 54.1 Å². The number of rotatable bonds is 7. The second kappa shape index (κ2) is 10.5. The zero-order chi connectivity index (χ0) is 21.5. The molecule has 4 rings (SSSR count). The molecule has 0 N–H and O–H groups in total. The summed E-state index contributed by atoms with van der Waals surface area (Å²) in [7, 11) is 0. The highest BCUT2D eigenvalue weighted by molar-refractivity contribution is 6.30.